The monoisotopic (exact) mass is 195 g/mol. The van der Waals surface area contributed by atoms with Gasteiger partial charge in [-0.25, -0.2) is 0 Å². The number of amides is 1. The van der Waals surface area contributed by atoms with E-state index in [1.807, 2.05) is 6.92 Å². The molecule has 0 saturated carbocycles. The number of H-pyrrole nitrogens is 1. The van der Waals surface area contributed by atoms with E-state index < -0.39 is 0 Å². The largest absolute Gasteiger partial charge is 0.391 e. The molecule has 1 amide bonds. The van der Waals surface area contributed by atoms with Crippen LogP contribution < -0.4 is 0 Å². The lowest BCUT2D eigenvalue weighted by molar-refractivity contribution is 0.0764. The van der Waals surface area contributed by atoms with E-state index in [1.165, 1.54) is 6.20 Å². The van der Waals surface area contributed by atoms with Crippen molar-refractivity contribution in [3.8, 4) is 0 Å². The van der Waals surface area contributed by atoms with Gasteiger partial charge in [0.25, 0.3) is 5.91 Å². The molecule has 1 fully saturated rings. The summed E-state index contributed by atoms with van der Waals surface area (Å²) < 4.78 is 0. The summed E-state index contributed by atoms with van der Waals surface area (Å²) in [4.78, 5) is 13.5. The van der Waals surface area contributed by atoms with Crippen LogP contribution in [0.2, 0.25) is 0 Å². The Morgan fingerprint density at radius 2 is 2.57 bits per heavy atom. The predicted molar refractivity (Wildman–Crippen MR) is 49.9 cm³/mol. The zero-order valence-corrected chi connectivity index (χ0v) is 8.03. The van der Waals surface area contributed by atoms with E-state index in [0.29, 0.717) is 25.1 Å². The molecule has 1 aromatic rings. The highest BCUT2D eigenvalue weighted by Crippen LogP contribution is 2.14. The molecule has 14 heavy (non-hydrogen) atoms. The number of hydrogen-bond donors (Lipinski definition) is 2. The van der Waals surface area contributed by atoms with Crippen LogP contribution in [0.4, 0.5) is 0 Å². The van der Waals surface area contributed by atoms with Gasteiger partial charge in [0.2, 0.25) is 0 Å². The van der Waals surface area contributed by atoms with Gasteiger partial charge in [0, 0.05) is 18.8 Å². The minimum absolute atomic E-state index is 0.0483. The molecule has 0 radical (unpaired) electrons. The first kappa shape index (κ1) is 9.21. The molecular formula is C9H13N3O2. The van der Waals surface area contributed by atoms with Crippen LogP contribution in [-0.4, -0.2) is 45.3 Å². The highest BCUT2D eigenvalue weighted by molar-refractivity contribution is 5.95. The summed E-state index contributed by atoms with van der Waals surface area (Å²) in [5.41, 5.74) is 1.37. The average molecular weight is 195 g/mol. The van der Waals surface area contributed by atoms with Gasteiger partial charge in [0.15, 0.2) is 0 Å². The Morgan fingerprint density at radius 3 is 3.07 bits per heavy atom. The van der Waals surface area contributed by atoms with Crippen molar-refractivity contribution < 1.29 is 9.90 Å². The van der Waals surface area contributed by atoms with Crippen LogP contribution in [0.25, 0.3) is 0 Å². The third kappa shape index (κ3) is 1.50. The number of rotatable bonds is 1. The number of aromatic amines is 1. The van der Waals surface area contributed by atoms with E-state index in [9.17, 15) is 9.90 Å². The predicted octanol–water partition coefficient (Wildman–Crippen LogP) is -0.0751. The van der Waals surface area contributed by atoms with Gasteiger partial charge in [-0.15, -0.1) is 0 Å². The van der Waals surface area contributed by atoms with Gasteiger partial charge in [-0.05, 0) is 13.3 Å². The van der Waals surface area contributed by atoms with Crippen molar-refractivity contribution in [1.29, 1.82) is 0 Å². The summed E-state index contributed by atoms with van der Waals surface area (Å²) >= 11 is 0. The van der Waals surface area contributed by atoms with Crippen molar-refractivity contribution in [3.63, 3.8) is 0 Å². The van der Waals surface area contributed by atoms with E-state index in [4.69, 9.17) is 0 Å². The SMILES string of the molecule is Cc1[nH]ncc1C(=O)N1CCC(O)C1. The Morgan fingerprint density at radius 1 is 1.79 bits per heavy atom. The second kappa shape index (κ2) is 3.42. The molecule has 2 N–H and O–H groups in total. The first-order valence-electron chi connectivity index (χ1n) is 4.66. The molecule has 1 unspecified atom stereocenters. The highest BCUT2D eigenvalue weighted by Gasteiger charge is 2.26. The lowest BCUT2D eigenvalue weighted by Gasteiger charge is -2.14. The molecule has 1 aliphatic heterocycles. The lowest BCUT2D eigenvalue weighted by Crippen LogP contribution is -2.29. The molecule has 5 heteroatoms. The van der Waals surface area contributed by atoms with E-state index in [1.54, 1.807) is 4.90 Å². The smallest absolute Gasteiger partial charge is 0.257 e. The summed E-state index contributed by atoms with van der Waals surface area (Å²) in [6.45, 7) is 2.88. The van der Waals surface area contributed by atoms with Crippen molar-refractivity contribution in [2.45, 2.75) is 19.4 Å². The molecule has 0 bridgehead atoms. The lowest BCUT2D eigenvalue weighted by atomic mass is 10.2. The number of aryl methyl sites for hydroxylation is 1. The number of nitrogens with one attached hydrogen (secondary N) is 1. The van der Waals surface area contributed by atoms with Gasteiger partial charge in [0.05, 0.1) is 17.9 Å². The Bertz CT molecular complexity index is 348. The minimum Gasteiger partial charge on any atom is -0.391 e. The number of likely N-dealkylation sites (tertiary alicyclic amines) is 1. The normalized spacial score (nSPS) is 21.6. The summed E-state index contributed by atoms with van der Waals surface area (Å²) in [5, 5.41) is 15.8. The number of aliphatic hydroxyl groups excluding tert-OH is 1. The summed E-state index contributed by atoms with van der Waals surface area (Å²) in [5.74, 6) is -0.0483. The van der Waals surface area contributed by atoms with Crippen molar-refractivity contribution in [2.24, 2.45) is 0 Å². The fourth-order valence-electron chi connectivity index (χ4n) is 1.66. The Kier molecular flexibility index (Phi) is 2.25. The van der Waals surface area contributed by atoms with Crippen LogP contribution in [0.15, 0.2) is 6.20 Å². The molecule has 76 valence electrons. The third-order valence-corrected chi connectivity index (χ3v) is 2.51. The number of aromatic nitrogens is 2. The van der Waals surface area contributed by atoms with Crippen LogP contribution in [-0.2, 0) is 0 Å². The van der Waals surface area contributed by atoms with E-state index >= 15 is 0 Å². The molecule has 1 aromatic heterocycles. The molecular weight excluding hydrogens is 182 g/mol. The maximum absolute atomic E-state index is 11.8. The van der Waals surface area contributed by atoms with Crippen molar-refractivity contribution >= 4 is 5.91 Å². The molecule has 0 spiro atoms. The third-order valence-electron chi connectivity index (χ3n) is 2.51. The number of carbonyl (C=O) groups is 1. The highest BCUT2D eigenvalue weighted by atomic mass is 16.3. The van der Waals surface area contributed by atoms with Crippen molar-refractivity contribution in [2.75, 3.05) is 13.1 Å². The van der Waals surface area contributed by atoms with Crippen LogP contribution in [0.1, 0.15) is 22.5 Å². The summed E-state index contributed by atoms with van der Waals surface area (Å²) in [6, 6.07) is 0. The van der Waals surface area contributed by atoms with Gasteiger partial charge >= 0.3 is 0 Å². The van der Waals surface area contributed by atoms with Gasteiger partial charge in [0.1, 0.15) is 0 Å². The Labute approximate surface area is 81.7 Å². The molecule has 2 rings (SSSR count). The molecule has 0 aromatic carbocycles. The van der Waals surface area contributed by atoms with E-state index in [-0.39, 0.29) is 12.0 Å². The molecule has 1 atom stereocenters. The van der Waals surface area contributed by atoms with E-state index in [2.05, 4.69) is 10.2 Å². The van der Waals surface area contributed by atoms with Gasteiger partial charge in [-0.2, -0.15) is 5.10 Å². The first-order valence-corrected chi connectivity index (χ1v) is 4.66. The number of aliphatic hydroxyl groups is 1. The Hall–Kier alpha value is -1.36. The van der Waals surface area contributed by atoms with Crippen molar-refractivity contribution in [3.05, 3.63) is 17.5 Å². The second-order valence-electron chi connectivity index (χ2n) is 3.60. The maximum atomic E-state index is 11.8. The fourth-order valence-corrected chi connectivity index (χ4v) is 1.66. The summed E-state index contributed by atoms with van der Waals surface area (Å²) in [7, 11) is 0. The van der Waals surface area contributed by atoms with Gasteiger partial charge < -0.3 is 10.0 Å². The quantitative estimate of drug-likeness (QED) is 0.658. The number of nitrogens with zero attached hydrogens (tertiary/aromatic N) is 2. The van der Waals surface area contributed by atoms with Crippen LogP contribution >= 0.6 is 0 Å². The molecule has 1 aliphatic rings. The molecule has 1 saturated heterocycles. The van der Waals surface area contributed by atoms with Crippen LogP contribution in [0, 0.1) is 6.92 Å². The topological polar surface area (TPSA) is 69.2 Å². The minimum atomic E-state index is -0.369. The van der Waals surface area contributed by atoms with Crippen molar-refractivity contribution in [1.82, 2.24) is 15.1 Å². The zero-order chi connectivity index (χ0) is 10.1. The van der Waals surface area contributed by atoms with E-state index in [0.717, 1.165) is 5.69 Å². The number of β-amino-alcohol motifs (C(OH)–C–C–N with tert-alkyl or cyclic N) is 1. The summed E-state index contributed by atoms with van der Waals surface area (Å²) in [6.07, 6.45) is 1.83. The zero-order valence-electron chi connectivity index (χ0n) is 8.03. The van der Waals surface area contributed by atoms with Crippen LogP contribution in [0.3, 0.4) is 0 Å². The number of hydrogen-bond acceptors (Lipinski definition) is 3. The number of carbonyl (C=O) groups excluding carboxylic acids is 1. The molecule has 0 aliphatic carbocycles. The maximum Gasteiger partial charge on any atom is 0.257 e. The van der Waals surface area contributed by atoms with Crippen LogP contribution in [0.5, 0.6) is 0 Å². The van der Waals surface area contributed by atoms with Gasteiger partial charge in [-0.1, -0.05) is 0 Å². The standard InChI is InChI=1S/C9H13N3O2/c1-6-8(4-10-11-6)9(14)12-3-2-7(13)5-12/h4,7,13H,2-3,5H2,1H3,(H,10,11). The average Bonchev–Trinajstić information content (AvgIpc) is 2.73. The second-order valence-corrected chi connectivity index (χ2v) is 3.60. The molecule has 2 heterocycles. The Balaban J connectivity index is 2.13. The fraction of sp³-hybridized carbons (Fsp3) is 0.556. The first-order chi connectivity index (χ1) is 6.68. The molecule has 5 nitrogen and oxygen atoms in total. The van der Waals surface area contributed by atoms with Gasteiger partial charge in [-0.3, -0.25) is 9.89 Å².